The molecule has 0 atom stereocenters. The second-order valence-corrected chi connectivity index (χ2v) is 7.58. The fraction of sp³-hybridized carbons (Fsp3) is 0.333. The number of Topliss-reactive ketones (excluding diaryl/α,β-unsaturated/α-hetero) is 1. The van der Waals surface area contributed by atoms with Gasteiger partial charge in [-0.15, -0.1) is 0 Å². The van der Waals surface area contributed by atoms with E-state index in [0.29, 0.717) is 54.4 Å². The van der Waals surface area contributed by atoms with Crippen molar-refractivity contribution in [1.82, 2.24) is 9.88 Å². The van der Waals surface area contributed by atoms with Crippen molar-refractivity contribution < 1.29 is 23.8 Å². The maximum Gasteiger partial charge on any atom is 0.270 e. The van der Waals surface area contributed by atoms with Crippen molar-refractivity contribution in [3.05, 3.63) is 53.7 Å². The summed E-state index contributed by atoms with van der Waals surface area (Å²) >= 11 is 0. The second-order valence-electron chi connectivity index (χ2n) is 7.58. The Morgan fingerprint density at radius 3 is 2.23 bits per heavy atom. The van der Waals surface area contributed by atoms with Gasteiger partial charge in [-0.25, -0.2) is 0 Å². The van der Waals surface area contributed by atoms with Crippen LogP contribution in [0.3, 0.4) is 0 Å². The highest BCUT2D eigenvalue weighted by Crippen LogP contribution is 2.41. The predicted molar refractivity (Wildman–Crippen MR) is 117 cm³/mol. The molecule has 162 valence electrons. The third-order valence-corrected chi connectivity index (χ3v) is 5.88. The molecule has 0 aliphatic carbocycles. The minimum absolute atomic E-state index is 0.0568. The summed E-state index contributed by atoms with van der Waals surface area (Å²) in [6.07, 6.45) is 1.31. The number of amides is 1. The zero-order valence-electron chi connectivity index (χ0n) is 17.9. The molecular weight excluding hydrogens is 396 g/mol. The van der Waals surface area contributed by atoms with Crippen LogP contribution in [0, 0.1) is 5.92 Å². The first-order chi connectivity index (χ1) is 15.1. The van der Waals surface area contributed by atoms with Gasteiger partial charge in [-0.2, -0.15) is 0 Å². The summed E-state index contributed by atoms with van der Waals surface area (Å²) in [5.41, 5.74) is 1.83. The van der Waals surface area contributed by atoms with E-state index in [1.54, 1.807) is 38.4 Å². The van der Waals surface area contributed by atoms with Crippen LogP contribution in [0.15, 0.2) is 42.5 Å². The molecule has 31 heavy (non-hydrogen) atoms. The number of nitrogens with one attached hydrogen (secondary N) is 1. The van der Waals surface area contributed by atoms with Crippen LogP contribution >= 0.6 is 0 Å². The van der Waals surface area contributed by atoms with Gasteiger partial charge in [-0.3, -0.25) is 9.59 Å². The summed E-state index contributed by atoms with van der Waals surface area (Å²) in [4.78, 5) is 30.8. The monoisotopic (exact) mass is 422 g/mol. The Morgan fingerprint density at radius 2 is 1.61 bits per heavy atom. The SMILES string of the molecule is COc1cc(OC)c2cc(C(=O)N3CCC(C(=O)c4ccccc4)CC3)[nH]c2c1OC. The third kappa shape index (κ3) is 3.83. The van der Waals surface area contributed by atoms with Gasteiger partial charge in [0, 0.05) is 36.0 Å². The lowest BCUT2D eigenvalue weighted by Crippen LogP contribution is -2.40. The molecule has 1 fully saturated rings. The van der Waals surface area contributed by atoms with Crippen LogP contribution < -0.4 is 14.2 Å². The highest BCUT2D eigenvalue weighted by molar-refractivity contribution is 6.02. The van der Waals surface area contributed by atoms with Gasteiger partial charge in [0.2, 0.25) is 0 Å². The smallest absolute Gasteiger partial charge is 0.270 e. The fourth-order valence-corrected chi connectivity index (χ4v) is 4.21. The van der Waals surface area contributed by atoms with E-state index >= 15 is 0 Å². The number of piperidine rings is 1. The Hall–Kier alpha value is -3.48. The lowest BCUT2D eigenvalue weighted by molar-refractivity contribution is 0.0646. The first kappa shape index (κ1) is 20.8. The molecule has 1 saturated heterocycles. The number of benzene rings is 2. The number of carbonyl (C=O) groups excluding carboxylic acids is 2. The standard InChI is InChI=1S/C24H26N2O5/c1-29-19-14-20(30-2)23(31-3)21-17(19)13-18(25-21)24(28)26-11-9-16(10-12-26)22(27)15-7-5-4-6-8-15/h4-8,13-14,16,25H,9-12H2,1-3H3. The highest BCUT2D eigenvalue weighted by Gasteiger charge is 2.29. The number of likely N-dealkylation sites (tertiary alicyclic amines) is 1. The van der Waals surface area contributed by atoms with Crippen molar-refractivity contribution in [2.75, 3.05) is 34.4 Å². The first-order valence-electron chi connectivity index (χ1n) is 10.3. The van der Waals surface area contributed by atoms with E-state index in [-0.39, 0.29) is 17.6 Å². The third-order valence-electron chi connectivity index (χ3n) is 5.88. The Kier molecular flexibility index (Phi) is 5.84. The van der Waals surface area contributed by atoms with Crippen LogP contribution in [0.1, 0.15) is 33.7 Å². The maximum atomic E-state index is 13.2. The quantitative estimate of drug-likeness (QED) is 0.609. The molecule has 7 heteroatoms. The Balaban J connectivity index is 1.53. The molecule has 4 rings (SSSR count). The number of ether oxygens (including phenoxy) is 3. The lowest BCUT2D eigenvalue weighted by atomic mass is 9.89. The number of methoxy groups -OCH3 is 3. The average molecular weight is 422 g/mol. The van der Waals surface area contributed by atoms with E-state index in [4.69, 9.17) is 14.2 Å². The molecule has 1 amide bonds. The lowest BCUT2D eigenvalue weighted by Gasteiger charge is -2.31. The van der Waals surface area contributed by atoms with Gasteiger partial charge in [-0.1, -0.05) is 30.3 Å². The highest BCUT2D eigenvalue weighted by atomic mass is 16.5. The zero-order chi connectivity index (χ0) is 22.0. The van der Waals surface area contributed by atoms with Gasteiger partial charge in [0.1, 0.15) is 11.4 Å². The van der Waals surface area contributed by atoms with Crippen LogP contribution in [0.25, 0.3) is 10.9 Å². The van der Waals surface area contributed by atoms with Gasteiger partial charge in [0.15, 0.2) is 17.3 Å². The van der Waals surface area contributed by atoms with Crippen molar-refractivity contribution >= 4 is 22.6 Å². The summed E-state index contributed by atoms with van der Waals surface area (Å²) in [7, 11) is 4.68. The number of aromatic nitrogens is 1. The number of fused-ring (bicyclic) bond motifs is 1. The number of carbonyl (C=O) groups is 2. The van der Waals surface area contributed by atoms with Gasteiger partial charge in [0.25, 0.3) is 5.91 Å². The van der Waals surface area contributed by atoms with Gasteiger partial charge < -0.3 is 24.1 Å². The number of aromatic amines is 1. The summed E-state index contributed by atoms with van der Waals surface area (Å²) in [6.45, 7) is 1.07. The largest absolute Gasteiger partial charge is 0.496 e. The Bertz CT molecular complexity index is 1100. The number of H-pyrrole nitrogens is 1. The predicted octanol–water partition coefficient (Wildman–Crippen LogP) is 3.93. The van der Waals surface area contributed by atoms with Crippen molar-refractivity contribution in [1.29, 1.82) is 0 Å². The van der Waals surface area contributed by atoms with E-state index < -0.39 is 0 Å². The van der Waals surface area contributed by atoms with Crippen LogP contribution in [0.5, 0.6) is 17.2 Å². The first-order valence-corrected chi connectivity index (χ1v) is 10.3. The summed E-state index contributed by atoms with van der Waals surface area (Å²) in [6, 6.07) is 12.9. The molecule has 0 unspecified atom stereocenters. The van der Waals surface area contributed by atoms with Crippen molar-refractivity contribution in [2.24, 2.45) is 5.92 Å². The van der Waals surface area contributed by atoms with E-state index in [0.717, 1.165) is 10.9 Å². The van der Waals surface area contributed by atoms with Crippen LogP contribution in [0.4, 0.5) is 0 Å². The fourth-order valence-electron chi connectivity index (χ4n) is 4.21. The summed E-state index contributed by atoms with van der Waals surface area (Å²) in [5.74, 6) is 1.62. The molecule has 1 N–H and O–H groups in total. The molecule has 7 nitrogen and oxygen atoms in total. The number of hydrogen-bond acceptors (Lipinski definition) is 5. The molecule has 1 aromatic heterocycles. The molecule has 1 aliphatic rings. The van der Waals surface area contributed by atoms with E-state index in [2.05, 4.69) is 4.98 Å². The normalized spacial score (nSPS) is 14.5. The molecule has 3 aromatic rings. The van der Waals surface area contributed by atoms with Crippen molar-refractivity contribution in [3.63, 3.8) is 0 Å². The number of nitrogens with zero attached hydrogens (tertiary/aromatic N) is 1. The number of hydrogen-bond donors (Lipinski definition) is 1. The van der Waals surface area contributed by atoms with Crippen molar-refractivity contribution in [2.45, 2.75) is 12.8 Å². The summed E-state index contributed by atoms with van der Waals surface area (Å²) < 4.78 is 16.4. The average Bonchev–Trinajstić information content (AvgIpc) is 3.28. The molecule has 0 bridgehead atoms. The van der Waals surface area contributed by atoms with Crippen LogP contribution in [0.2, 0.25) is 0 Å². The van der Waals surface area contributed by atoms with E-state index in [9.17, 15) is 9.59 Å². The van der Waals surface area contributed by atoms with E-state index in [1.807, 2.05) is 30.3 Å². The second kappa shape index (κ2) is 8.71. The van der Waals surface area contributed by atoms with Gasteiger partial charge in [-0.05, 0) is 18.9 Å². The molecule has 1 aliphatic heterocycles. The van der Waals surface area contributed by atoms with Gasteiger partial charge in [0.05, 0.1) is 26.8 Å². The minimum Gasteiger partial charge on any atom is -0.496 e. The molecule has 2 heterocycles. The number of rotatable bonds is 6. The topological polar surface area (TPSA) is 80.9 Å². The van der Waals surface area contributed by atoms with Crippen LogP contribution in [-0.4, -0.2) is 56.0 Å². The molecule has 0 saturated carbocycles. The molecule has 2 aromatic carbocycles. The maximum absolute atomic E-state index is 13.2. The molecular formula is C24H26N2O5. The minimum atomic E-state index is -0.107. The molecule has 0 spiro atoms. The van der Waals surface area contributed by atoms with E-state index in [1.165, 1.54) is 0 Å². The summed E-state index contributed by atoms with van der Waals surface area (Å²) in [5, 5.41) is 0.748. The Labute approximate surface area is 180 Å². The van der Waals surface area contributed by atoms with Crippen molar-refractivity contribution in [3.8, 4) is 17.2 Å². The Morgan fingerprint density at radius 1 is 0.935 bits per heavy atom. The molecule has 0 radical (unpaired) electrons. The number of ketones is 1. The van der Waals surface area contributed by atoms with Gasteiger partial charge >= 0.3 is 0 Å². The van der Waals surface area contributed by atoms with Crippen LogP contribution in [-0.2, 0) is 0 Å². The zero-order valence-corrected chi connectivity index (χ0v) is 17.9.